The highest BCUT2D eigenvalue weighted by molar-refractivity contribution is 5.29. The number of hydrogen-bond donors (Lipinski definition) is 0. The standard InChI is InChI=1S/C11H10F3N/c1-8-3-2-4-9(5-8)10(7-15)6-11(12,13)14/h2-5,10H,6H2,1H3/t10-/m1/s1. The third-order valence-corrected chi connectivity index (χ3v) is 2.04. The third-order valence-electron chi connectivity index (χ3n) is 2.04. The number of nitrogens with zero attached hydrogens (tertiary/aromatic N) is 1. The molecular weight excluding hydrogens is 203 g/mol. The van der Waals surface area contributed by atoms with E-state index in [1.165, 1.54) is 0 Å². The van der Waals surface area contributed by atoms with Crippen molar-refractivity contribution in [1.29, 1.82) is 5.26 Å². The molecule has 0 saturated carbocycles. The van der Waals surface area contributed by atoms with Crippen LogP contribution in [0.2, 0.25) is 0 Å². The zero-order chi connectivity index (χ0) is 11.5. The first-order chi connectivity index (χ1) is 6.92. The minimum absolute atomic E-state index is 0.426. The Morgan fingerprint density at radius 2 is 2.07 bits per heavy atom. The van der Waals surface area contributed by atoms with Crippen molar-refractivity contribution in [2.45, 2.75) is 25.4 Å². The fourth-order valence-corrected chi connectivity index (χ4v) is 1.36. The average molecular weight is 213 g/mol. The second-order valence-electron chi connectivity index (χ2n) is 3.42. The molecule has 15 heavy (non-hydrogen) atoms. The van der Waals surface area contributed by atoms with Gasteiger partial charge < -0.3 is 0 Å². The number of rotatable bonds is 2. The van der Waals surface area contributed by atoms with Crippen LogP contribution in [-0.2, 0) is 0 Å². The van der Waals surface area contributed by atoms with Crippen LogP contribution in [0.4, 0.5) is 13.2 Å². The number of nitriles is 1. The molecular formula is C11H10F3N. The molecule has 0 aliphatic heterocycles. The fourth-order valence-electron chi connectivity index (χ4n) is 1.36. The van der Waals surface area contributed by atoms with Crippen LogP contribution in [0.15, 0.2) is 24.3 Å². The second kappa shape index (κ2) is 4.35. The molecule has 0 aliphatic rings. The largest absolute Gasteiger partial charge is 0.390 e. The van der Waals surface area contributed by atoms with Crippen LogP contribution in [0.1, 0.15) is 23.5 Å². The molecule has 4 heteroatoms. The molecule has 80 valence electrons. The Morgan fingerprint density at radius 1 is 1.40 bits per heavy atom. The van der Waals surface area contributed by atoms with Crippen molar-refractivity contribution in [2.75, 3.05) is 0 Å². The highest BCUT2D eigenvalue weighted by Gasteiger charge is 2.32. The van der Waals surface area contributed by atoms with Crippen molar-refractivity contribution >= 4 is 0 Å². The Hall–Kier alpha value is -1.50. The molecule has 1 aromatic carbocycles. The Morgan fingerprint density at radius 3 is 2.53 bits per heavy atom. The monoisotopic (exact) mass is 213 g/mol. The summed E-state index contributed by atoms with van der Waals surface area (Å²) in [5.41, 5.74) is 1.28. The lowest BCUT2D eigenvalue weighted by Crippen LogP contribution is -2.12. The van der Waals surface area contributed by atoms with Crippen LogP contribution < -0.4 is 0 Å². The van der Waals surface area contributed by atoms with Gasteiger partial charge in [-0.05, 0) is 12.5 Å². The van der Waals surface area contributed by atoms with Gasteiger partial charge >= 0.3 is 6.18 Å². The maximum Gasteiger partial charge on any atom is 0.390 e. The van der Waals surface area contributed by atoms with Gasteiger partial charge in [0.15, 0.2) is 0 Å². The summed E-state index contributed by atoms with van der Waals surface area (Å²) in [5, 5.41) is 8.68. The first-order valence-electron chi connectivity index (χ1n) is 4.45. The summed E-state index contributed by atoms with van der Waals surface area (Å²) in [5.74, 6) is -1.11. The van der Waals surface area contributed by atoms with Gasteiger partial charge in [0, 0.05) is 0 Å². The molecule has 0 unspecified atom stereocenters. The summed E-state index contributed by atoms with van der Waals surface area (Å²) in [6.45, 7) is 1.78. The Labute approximate surface area is 86.1 Å². The summed E-state index contributed by atoms with van der Waals surface area (Å²) in [6.07, 6.45) is -5.39. The number of halogens is 3. The molecule has 1 atom stereocenters. The lowest BCUT2D eigenvalue weighted by atomic mass is 9.96. The molecule has 0 fully saturated rings. The van der Waals surface area contributed by atoms with E-state index >= 15 is 0 Å². The van der Waals surface area contributed by atoms with Gasteiger partial charge in [-0.2, -0.15) is 18.4 Å². The molecule has 0 aliphatic carbocycles. The van der Waals surface area contributed by atoms with E-state index in [4.69, 9.17) is 5.26 Å². The van der Waals surface area contributed by atoms with Crippen molar-refractivity contribution in [3.05, 3.63) is 35.4 Å². The van der Waals surface area contributed by atoms with Crippen molar-refractivity contribution in [1.82, 2.24) is 0 Å². The van der Waals surface area contributed by atoms with Crippen LogP contribution in [0.3, 0.4) is 0 Å². The van der Waals surface area contributed by atoms with Crippen molar-refractivity contribution < 1.29 is 13.2 Å². The zero-order valence-corrected chi connectivity index (χ0v) is 8.17. The minimum Gasteiger partial charge on any atom is -0.198 e. The molecule has 0 bridgehead atoms. The highest BCUT2D eigenvalue weighted by Crippen LogP contribution is 2.30. The SMILES string of the molecule is Cc1cccc([C@@H](C#N)CC(F)(F)F)c1. The molecule has 0 amide bonds. The molecule has 0 aromatic heterocycles. The summed E-state index contributed by atoms with van der Waals surface area (Å²) in [6, 6.07) is 8.28. The topological polar surface area (TPSA) is 23.8 Å². The number of aryl methyl sites for hydroxylation is 1. The van der Waals surface area contributed by atoms with Gasteiger partial charge in [-0.3, -0.25) is 0 Å². The van der Waals surface area contributed by atoms with Gasteiger partial charge in [0.25, 0.3) is 0 Å². The fraction of sp³-hybridized carbons (Fsp3) is 0.364. The van der Waals surface area contributed by atoms with E-state index in [-0.39, 0.29) is 0 Å². The smallest absolute Gasteiger partial charge is 0.198 e. The summed E-state index contributed by atoms with van der Waals surface area (Å²) in [7, 11) is 0. The molecule has 1 rings (SSSR count). The van der Waals surface area contributed by atoms with Crippen LogP contribution in [0.5, 0.6) is 0 Å². The first-order valence-corrected chi connectivity index (χ1v) is 4.45. The number of alkyl halides is 3. The van der Waals surface area contributed by atoms with Crippen LogP contribution in [0, 0.1) is 18.3 Å². The molecule has 1 aromatic rings. The van der Waals surface area contributed by atoms with E-state index in [2.05, 4.69) is 0 Å². The quantitative estimate of drug-likeness (QED) is 0.736. The van der Waals surface area contributed by atoms with E-state index in [0.717, 1.165) is 5.56 Å². The number of hydrogen-bond acceptors (Lipinski definition) is 1. The molecule has 1 nitrogen and oxygen atoms in total. The van der Waals surface area contributed by atoms with Gasteiger partial charge in [-0.15, -0.1) is 0 Å². The maximum atomic E-state index is 12.1. The van der Waals surface area contributed by atoms with Gasteiger partial charge in [-0.1, -0.05) is 29.8 Å². The Bertz CT molecular complexity index is 376. The third kappa shape index (κ3) is 3.62. The zero-order valence-electron chi connectivity index (χ0n) is 8.17. The first kappa shape index (κ1) is 11.6. The van der Waals surface area contributed by atoms with Crippen molar-refractivity contribution in [2.24, 2.45) is 0 Å². The highest BCUT2D eigenvalue weighted by atomic mass is 19.4. The van der Waals surface area contributed by atoms with Crippen molar-refractivity contribution in [3.8, 4) is 6.07 Å². The average Bonchev–Trinajstić information content (AvgIpc) is 2.13. The van der Waals surface area contributed by atoms with Gasteiger partial charge in [0.1, 0.15) is 0 Å². The van der Waals surface area contributed by atoms with Gasteiger partial charge in [0.05, 0.1) is 18.4 Å². The Balaban J connectivity index is 2.90. The predicted octanol–water partition coefficient (Wildman–Crippen LogP) is 3.55. The normalized spacial score (nSPS) is 13.3. The van der Waals surface area contributed by atoms with E-state index in [1.54, 1.807) is 37.3 Å². The Kier molecular flexibility index (Phi) is 3.35. The van der Waals surface area contributed by atoms with Crippen LogP contribution in [0.25, 0.3) is 0 Å². The molecule has 0 N–H and O–H groups in total. The summed E-state index contributed by atoms with van der Waals surface area (Å²) in [4.78, 5) is 0. The minimum atomic E-state index is -4.30. The molecule has 0 heterocycles. The second-order valence-corrected chi connectivity index (χ2v) is 3.42. The lowest BCUT2D eigenvalue weighted by molar-refractivity contribution is -0.136. The van der Waals surface area contributed by atoms with E-state index in [0.29, 0.717) is 5.56 Å². The molecule has 0 radical (unpaired) electrons. The van der Waals surface area contributed by atoms with Crippen molar-refractivity contribution in [3.63, 3.8) is 0 Å². The number of benzene rings is 1. The summed E-state index contributed by atoms with van der Waals surface area (Å²) < 4.78 is 36.4. The predicted molar refractivity (Wildman–Crippen MR) is 50.2 cm³/mol. The van der Waals surface area contributed by atoms with E-state index in [9.17, 15) is 13.2 Å². The van der Waals surface area contributed by atoms with Crippen LogP contribution in [-0.4, -0.2) is 6.18 Å². The molecule has 0 saturated heterocycles. The molecule has 0 spiro atoms. The van der Waals surface area contributed by atoms with E-state index < -0.39 is 18.5 Å². The lowest BCUT2D eigenvalue weighted by Gasteiger charge is -2.12. The van der Waals surface area contributed by atoms with Crippen LogP contribution >= 0.6 is 0 Å². The summed E-state index contributed by atoms with van der Waals surface area (Å²) >= 11 is 0. The van der Waals surface area contributed by atoms with Gasteiger partial charge in [-0.25, -0.2) is 0 Å². The maximum absolute atomic E-state index is 12.1. The van der Waals surface area contributed by atoms with E-state index in [1.807, 2.05) is 0 Å². The van der Waals surface area contributed by atoms with Gasteiger partial charge in [0.2, 0.25) is 0 Å².